The summed E-state index contributed by atoms with van der Waals surface area (Å²) in [7, 11) is 0. The van der Waals surface area contributed by atoms with Crippen LogP contribution in [0.4, 0.5) is 5.69 Å². The van der Waals surface area contributed by atoms with Gasteiger partial charge in [-0.3, -0.25) is 9.59 Å². The minimum Gasteiger partial charge on any atom is -0.480 e. The fourth-order valence-electron chi connectivity index (χ4n) is 3.23. The highest BCUT2D eigenvalue weighted by Gasteiger charge is 2.26. The van der Waals surface area contributed by atoms with Gasteiger partial charge in [0.2, 0.25) is 0 Å². The molecule has 0 aromatic heterocycles. The zero-order chi connectivity index (χ0) is 21.3. The lowest BCUT2D eigenvalue weighted by Gasteiger charge is -2.22. The number of anilines is 1. The van der Waals surface area contributed by atoms with E-state index in [0.29, 0.717) is 17.7 Å². The standard InChI is InChI=1S/C25H25NO4/c1-18(24(27)28)26-23-15-9-8-14-21(23)22(16-19-10-4-2-5-11-19)25(29)30-17-20-12-6-3-7-13-20/h2-15,18,22,26H,16-17H2,1H3,(H,27,28)/t18-,22?/m0/s1. The Balaban J connectivity index is 1.87. The first-order chi connectivity index (χ1) is 14.5. The van der Waals surface area contributed by atoms with Gasteiger partial charge in [0, 0.05) is 5.69 Å². The van der Waals surface area contributed by atoms with Crippen LogP contribution < -0.4 is 5.32 Å². The molecule has 30 heavy (non-hydrogen) atoms. The lowest BCUT2D eigenvalue weighted by atomic mass is 9.90. The Morgan fingerprint density at radius 1 is 0.867 bits per heavy atom. The van der Waals surface area contributed by atoms with Gasteiger partial charge >= 0.3 is 11.9 Å². The second-order valence-corrected chi connectivity index (χ2v) is 7.13. The molecule has 0 fully saturated rings. The van der Waals surface area contributed by atoms with E-state index in [1.165, 1.54) is 0 Å². The summed E-state index contributed by atoms with van der Waals surface area (Å²) in [5.41, 5.74) is 3.24. The van der Waals surface area contributed by atoms with Gasteiger partial charge in [-0.25, -0.2) is 0 Å². The monoisotopic (exact) mass is 403 g/mol. The smallest absolute Gasteiger partial charge is 0.325 e. The molecule has 0 spiro atoms. The Labute approximate surface area is 176 Å². The van der Waals surface area contributed by atoms with Gasteiger partial charge in [-0.1, -0.05) is 78.9 Å². The summed E-state index contributed by atoms with van der Waals surface area (Å²) in [6.45, 7) is 1.76. The van der Waals surface area contributed by atoms with E-state index in [-0.39, 0.29) is 12.6 Å². The van der Waals surface area contributed by atoms with Crippen molar-refractivity contribution in [3.05, 3.63) is 102 Å². The van der Waals surface area contributed by atoms with E-state index in [2.05, 4.69) is 5.32 Å². The Morgan fingerprint density at radius 3 is 2.07 bits per heavy atom. The summed E-state index contributed by atoms with van der Waals surface area (Å²) in [6, 6.07) is 25.7. The molecule has 2 atom stereocenters. The molecule has 0 heterocycles. The zero-order valence-corrected chi connectivity index (χ0v) is 16.8. The van der Waals surface area contributed by atoms with Gasteiger partial charge in [0.25, 0.3) is 0 Å². The number of rotatable bonds is 9. The predicted octanol–water partition coefficient (Wildman–Crippen LogP) is 4.64. The van der Waals surface area contributed by atoms with Crippen molar-refractivity contribution in [2.24, 2.45) is 0 Å². The number of aliphatic carboxylic acids is 1. The topological polar surface area (TPSA) is 75.6 Å². The van der Waals surface area contributed by atoms with E-state index in [0.717, 1.165) is 11.1 Å². The number of carbonyl (C=O) groups is 2. The number of benzene rings is 3. The summed E-state index contributed by atoms with van der Waals surface area (Å²) in [5.74, 6) is -1.88. The molecule has 0 radical (unpaired) electrons. The van der Waals surface area contributed by atoms with Gasteiger partial charge in [0.15, 0.2) is 0 Å². The largest absolute Gasteiger partial charge is 0.480 e. The van der Waals surface area contributed by atoms with Crippen molar-refractivity contribution in [3.8, 4) is 0 Å². The average Bonchev–Trinajstić information content (AvgIpc) is 2.77. The summed E-state index contributed by atoms with van der Waals surface area (Å²) >= 11 is 0. The molecule has 154 valence electrons. The van der Waals surface area contributed by atoms with Crippen LogP contribution in [0.1, 0.15) is 29.5 Å². The average molecular weight is 403 g/mol. The van der Waals surface area contributed by atoms with E-state index in [9.17, 15) is 14.7 Å². The van der Waals surface area contributed by atoms with Crippen LogP contribution in [0.25, 0.3) is 0 Å². The molecule has 3 rings (SSSR count). The minimum atomic E-state index is -0.962. The van der Waals surface area contributed by atoms with Gasteiger partial charge in [0.1, 0.15) is 12.6 Å². The van der Waals surface area contributed by atoms with E-state index in [1.807, 2.05) is 78.9 Å². The van der Waals surface area contributed by atoms with Crippen molar-refractivity contribution in [2.45, 2.75) is 31.9 Å². The summed E-state index contributed by atoms with van der Waals surface area (Å²) in [6.07, 6.45) is 0.453. The highest BCUT2D eigenvalue weighted by molar-refractivity contribution is 5.83. The fourth-order valence-corrected chi connectivity index (χ4v) is 3.23. The van der Waals surface area contributed by atoms with Crippen molar-refractivity contribution in [1.29, 1.82) is 0 Å². The fraction of sp³-hybridized carbons (Fsp3) is 0.200. The summed E-state index contributed by atoms with van der Waals surface area (Å²) in [5, 5.41) is 12.3. The molecule has 0 saturated carbocycles. The highest BCUT2D eigenvalue weighted by atomic mass is 16.5. The number of para-hydroxylation sites is 1. The molecule has 1 unspecified atom stereocenters. The van der Waals surface area contributed by atoms with E-state index >= 15 is 0 Å². The Morgan fingerprint density at radius 2 is 1.43 bits per heavy atom. The Hall–Kier alpha value is -3.60. The minimum absolute atomic E-state index is 0.187. The highest BCUT2D eigenvalue weighted by Crippen LogP contribution is 2.30. The first-order valence-corrected chi connectivity index (χ1v) is 9.87. The predicted molar refractivity (Wildman–Crippen MR) is 116 cm³/mol. The van der Waals surface area contributed by atoms with Crippen molar-refractivity contribution in [3.63, 3.8) is 0 Å². The lowest BCUT2D eigenvalue weighted by molar-refractivity contribution is -0.146. The number of nitrogens with one attached hydrogen (secondary N) is 1. The molecular weight excluding hydrogens is 378 g/mol. The van der Waals surface area contributed by atoms with Crippen LogP contribution in [-0.4, -0.2) is 23.1 Å². The number of carbonyl (C=O) groups excluding carboxylic acids is 1. The second kappa shape index (κ2) is 10.3. The molecule has 0 amide bonds. The number of carboxylic acids is 1. The van der Waals surface area contributed by atoms with E-state index in [4.69, 9.17) is 4.74 Å². The zero-order valence-electron chi connectivity index (χ0n) is 16.8. The summed E-state index contributed by atoms with van der Waals surface area (Å²) in [4.78, 5) is 24.4. The van der Waals surface area contributed by atoms with Crippen LogP contribution in [-0.2, 0) is 27.4 Å². The molecule has 3 aromatic rings. The van der Waals surface area contributed by atoms with Crippen LogP contribution in [0.3, 0.4) is 0 Å². The maximum absolute atomic E-state index is 13.1. The van der Waals surface area contributed by atoms with Crippen molar-refractivity contribution in [2.75, 3.05) is 5.32 Å². The first-order valence-electron chi connectivity index (χ1n) is 9.87. The Kier molecular flexibility index (Phi) is 7.22. The molecule has 0 aliphatic rings. The van der Waals surface area contributed by atoms with Crippen LogP contribution in [0.2, 0.25) is 0 Å². The van der Waals surface area contributed by atoms with Gasteiger partial charge in [-0.2, -0.15) is 0 Å². The van der Waals surface area contributed by atoms with E-state index in [1.54, 1.807) is 13.0 Å². The molecule has 0 bridgehead atoms. The third kappa shape index (κ3) is 5.70. The van der Waals surface area contributed by atoms with Crippen molar-refractivity contribution in [1.82, 2.24) is 0 Å². The maximum atomic E-state index is 13.1. The lowest BCUT2D eigenvalue weighted by Crippen LogP contribution is -2.27. The quantitative estimate of drug-likeness (QED) is 0.509. The first kappa shape index (κ1) is 21.1. The molecule has 2 N–H and O–H groups in total. The van der Waals surface area contributed by atoms with E-state index < -0.39 is 17.9 Å². The molecule has 0 aliphatic heterocycles. The van der Waals surface area contributed by atoms with Crippen molar-refractivity contribution < 1.29 is 19.4 Å². The van der Waals surface area contributed by atoms with Gasteiger partial charge < -0.3 is 15.2 Å². The third-order valence-corrected chi connectivity index (χ3v) is 4.87. The SMILES string of the molecule is C[C@H](Nc1ccccc1C(Cc1ccccc1)C(=O)OCc1ccccc1)C(=O)O. The number of carboxylic acid groups (broad SMARTS) is 1. The number of hydrogen-bond donors (Lipinski definition) is 2. The van der Waals surface area contributed by atoms with Gasteiger partial charge in [0.05, 0.1) is 5.92 Å². The number of esters is 1. The Bertz CT molecular complexity index is 973. The van der Waals surface area contributed by atoms with Crippen LogP contribution >= 0.6 is 0 Å². The van der Waals surface area contributed by atoms with Crippen LogP contribution in [0.5, 0.6) is 0 Å². The number of hydrogen-bond acceptors (Lipinski definition) is 4. The van der Waals surface area contributed by atoms with Gasteiger partial charge in [-0.15, -0.1) is 0 Å². The number of ether oxygens (including phenoxy) is 1. The molecule has 3 aromatic carbocycles. The maximum Gasteiger partial charge on any atom is 0.325 e. The molecule has 5 heteroatoms. The third-order valence-electron chi connectivity index (χ3n) is 4.87. The summed E-state index contributed by atoms with van der Waals surface area (Å²) < 4.78 is 5.64. The molecular formula is C25H25NO4. The molecule has 0 aliphatic carbocycles. The molecule has 0 saturated heterocycles. The van der Waals surface area contributed by atoms with Crippen LogP contribution in [0, 0.1) is 0 Å². The second-order valence-electron chi connectivity index (χ2n) is 7.13. The van der Waals surface area contributed by atoms with Gasteiger partial charge in [-0.05, 0) is 36.1 Å². The normalized spacial score (nSPS) is 12.6. The molecule has 5 nitrogen and oxygen atoms in total. The van der Waals surface area contributed by atoms with Crippen molar-refractivity contribution >= 4 is 17.6 Å². The van der Waals surface area contributed by atoms with Crippen LogP contribution in [0.15, 0.2) is 84.9 Å².